The van der Waals surface area contributed by atoms with Gasteiger partial charge in [0.25, 0.3) is 10.0 Å². The van der Waals surface area contributed by atoms with Crippen molar-refractivity contribution in [1.29, 1.82) is 0 Å². The minimum absolute atomic E-state index is 0.183. The van der Waals surface area contributed by atoms with E-state index in [4.69, 9.17) is 4.74 Å². The summed E-state index contributed by atoms with van der Waals surface area (Å²) in [5.41, 5.74) is 1.17. The first-order valence-electron chi connectivity index (χ1n) is 7.69. The van der Waals surface area contributed by atoms with Crippen LogP contribution in [0.3, 0.4) is 0 Å². The van der Waals surface area contributed by atoms with E-state index in [0.29, 0.717) is 23.2 Å². The second kappa shape index (κ2) is 7.53. The van der Waals surface area contributed by atoms with Crippen LogP contribution in [0.2, 0.25) is 0 Å². The number of aromatic nitrogens is 1. The molecule has 0 amide bonds. The van der Waals surface area contributed by atoms with Crippen LogP contribution < -0.4 is 14.8 Å². The molecule has 1 aromatic heterocycles. The zero-order valence-electron chi connectivity index (χ0n) is 14.3. The fraction of sp³-hybridized carbons (Fsp3) is 0.353. The molecule has 24 heavy (non-hydrogen) atoms. The highest BCUT2D eigenvalue weighted by atomic mass is 32.2. The molecule has 0 saturated heterocycles. The highest BCUT2D eigenvalue weighted by Gasteiger charge is 2.15. The number of anilines is 2. The summed E-state index contributed by atoms with van der Waals surface area (Å²) in [4.78, 5) is 4.40. The Balaban J connectivity index is 2.12. The van der Waals surface area contributed by atoms with Crippen molar-refractivity contribution >= 4 is 21.5 Å². The molecule has 0 aliphatic rings. The topological polar surface area (TPSA) is 80.3 Å². The highest BCUT2D eigenvalue weighted by Crippen LogP contribution is 2.23. The largest absolute Gasteiger partial charge is 0.496 e. The standard InChI is InChI=1S/C17H23N3O3S/c1-12(2)10-18-17-8-5-14(11-19-17)20-24(21,22)15-6-7-16(23-4)13(3)9-15/h5-9,11-12,20H,10H2,1-4H3,(H,18,19). The predicted octanol–water partition coefficient (Wildman–Crippen LogP) is 3.27. The molecular formula is C17H23N3O3S. The number of rotatable bonds is 7. The van der Waals surface area contributed by atoms with Gasteiger partial charge < -0.3 is 10.1 Å². The van der Waals surface area contributed by atoms with Crippen LogP contribution in [0.4, 0.5) is 11.5 Å². The number of aryl methyl sites for hydroxylation is 1. The van der Waals surface area contributed by atoms with Crippen molar-refractivity contribution in [2.75, 3.05) is 23.7 Å². The molecule has 1 heterocycles. The lowest BCUT2D eigenvalue weighted by atomic mass is 10.2. The zero-order chi connectivity index (χ0) is 17.7. The number of ether oxygens (including phenoxy) is 1. The smallest absolute Gasteiger partial charge is 0.261 e. The lowest BCUT2D eigenvalue weighted by molar-refractivity contribution is 0.411. The van der Waals surface area contributed by atoms with Crippen molar-refractivity contribution in [3.63, 3.8) is 0 Å². The lowest BCUT2D eigenvalue weighted by Gasteiger charge is -2.11. The van der Waals surface area contributed by atoms with Crippen LogP contribution in [0.15, 0.2) is 41.4 Å². The molecule has 0 radical (unpaired) electrons. The highest BCUT2D eigenvalue weighted by molar-refractivity contribution is 7.92. The molecule has 0 spiro atoms. The number of hydrogen-bond acceptors (Lipinski definition) is 5. The maximum Gasteiger partial charge on any atom is 0.261 e. The number of nitrogens with one attached hydrogen (secondary N) is 2. The Labute approximate surface area is 143 Å². The summed E-state index contributed by atoms with van der Waals surface area (Å²) in [6, 6.07) is 8.16. The van der Waals surface area contributed by atoms with Gasteiger partial charge in [-0.15, -0.1) is 0 Å². The Hall–Kier alpha value is -2.28. The van der Waals surface area contributed by atoms with Gasteiger partial charge in [0, 0.05) is 6.54 Å². The Morgan fingerprint density at radius 3 is 2.50 bits per heavy atom. The molecule has 0 bridgehead atoms. The number of pyridine rings is 1. The van der Waals surface area contributed by atoms with Gasteiger partial charge in [0.05, 0.1) is 23.9 Å². The zero-order valence-corrected chi connectivity index (χ0v) is 15.1. The van der Waals surface area contributed by atoms with E-state index in [-0.39, 0.29) is 4.90 Å². The van der Waals surface area contributed by atoms with Crippen molar-refractivity contribution in [2.45, 2.75) is 25.7 Å². The molecule has 2 aromatic rings. The molecule has 0 unspecified atom stereocenters. The third kappa shape index (κ3) is 4.61. The first-order chi connectivity index (χ1) is 11.3. The third-order valence-electron chi connectivity index (χ3n) is 3.38. The summed E-state index contributed by atoms with van der Waals surface area (Å²) in [6.07, 6.45) is 1.50. The summed E-state index contributed by atoms with van der Waals surface area (Å²) in [6.45, 7) is 6.82. The van der Waals surface area contributed by atoms with Crippen molar-refractivity contribution in [1.82, 2.24) is 4.98 Å². The summed E-state index contributed by atoms with van der Waals surface area (Å²) in [5.74, 6) is 1.87. The fourth-order valence-corrected chi connectivity index (χ4v) is 3.23. The van der Waals surface area contributed by atoms with Gasteiger partial charge in [0.15, 0.2) is 0 Å². The minimum atomic E-state index is -3.67. The quantitative estimate of drug-likeness (QED) is 0.802. The first kappa shape index (κ1) is 18.1. The van der Waals surface area contributed by atoms with Gasteiger partial charge in [-0.2, -0.15) is 0 Å². The van der Waals surface area contributed by atoms with E-state index < -0.39 is 10.0 Å². The Bertz CT molecular complexity index is 787. The molecule has 6 nitrogen and oxygen atoms in total. The number of nitrogens with zero attached hydrogens (tertiary/aromatic N) is 1. The molecule has 1 aromatic carbocycles. The maximum atomic E-state index is 12.5. The van der Waals surface area contributed by atoms with Crippen molar-refractivity contribution < 1.29 is 13.2 Å². The van der Waals surface area contributed by atoms with Gasteiger partial charge in [0.1, 0.15) is 11.6 Å². The van der Waals surface area contributed by atoms with E-state index in [0.717, 1.165) is 12.1 Å². The summed E-state index contributed by atoms with van der Waals surface area (Å²) in [7, 11) is -2.11. The van der Waals surface area contributed by atoms with Crippen LogP contribution in [-0.2, 0) is 10.0 Å². The lowest BCUT2D eigenvalue weighted by Crippen LogP contribution is -2.14. The molecule has 0 aliphatic carbocycles. The van der Waals surface area contributed by atoms with E-state index in [1.165, 1.54) is 12.3 Å². The summed E-state index contributed by atoms with van der Waals surface area (Å²) in [5, 5.41) is 3.18. The van der Waals surface area contributed by atoms with Gasteiger partial charge in [-0.05, 0) is 48.7 Å². The van der Waals surface area contributed by atoms with Crippen LogP contribution in [0.1, 0.15) is 19.4 Å². The van der Waals surface area contributed by atoms with Crippen LogP contribution in [0, 0.1) is 12.8 Å². The molecule has 2 N–H and O–H groups in total. The Morgan fingerprint density at radius 2 is 1.96 bits per heavy atom. The molecular weight excluding hydrogens is 326 g/mol. The normalized spacial score (nSPS) is 11.4. The molecule has 7 heteroatoms. The van der Waals surface area contributed by atoms with Gasteiger partial charge in [0.2, 0.25) is 0 Å². The number of benzene rings is 1. The average Bonchev–Trinajstić information content (AvgIpc) is 2.53. The maximum absolute atomic E-state index is 12.5. The van der Waals surface area contributed by atoms with Crippen LogP contribution >= 0.6 is 0 Å². The van der Waals surface area contributed by atoms with E-state index in [9.17, 15) is 8.42 Å². The van der Waals surface area contributed by atoms with Crippen molar-refractivity contribution in [2.24, 2.45) is 5.92 Å². The van der Waals surface area contributed by atoms with E-state index in [1.54, 1.807) is 38.3 Å². The molecule has 130 valence electrons. The van der Waals surface area contributed by atoms with E-state index in [1.807, 2.05) is 0 Å². The fourth-order valence-electron chi connectivity index (χ4n) is 2.10. The van der Waals surface area contributed by atoms with Crippen LogP contribution in [-0.4, -0.2) is 27.1 Å². The molecule has 0 saturated carbocycles. The van der Waals surface area contributed by atoms with Crippen molar-refractivity contribution in [3.05, 3.63) is 42.1 Å². The van der Waals surface area contributed by atoms with Crippen molar-refractivity contribution in [3.8, 4) is 5.75 Å². The van der Waals surface area contributed by atoms with Gasteiger partial charge >= 0.3 is 0 Å². The summed E-state index contributed by atoms with van der Waals surface area (Å²) >= 11 is 0. The molecule has 2 rings (SSSR count). The van der Waals surface area contributed by atoms with Gasteiger partial charge in [-0.1, -0.05) is 13.8 Å². The predicted molar refractivity (Wildman–Crippen MR) is 96.1 cm³/mol. The van der Waals surface area contributed by atoms with E-state index >= 15 is 0 Å². The van der Waals surface area contributed by atoms with Crippen LogP contribution in [0.5, 0.6) is 5.75 Å². The van der Waals surface area contributed by atoms with Crippen LogP contribution in [0.25, 0.3) is 0 Å². The minimum Gasteiger partial charge on any atom is -0.496 e. The number of sulfonamides is 1. The SMILES string of the molecule is COc1ccc(S(=O)(=O)Nc2ccc(NCC(C)C)nc2)cc1C. The second-order valence-electron chi connectivity index (χ2n) is 5.94. The van der Waals surface area contributed by atoms with Gasteiger partial charge in [-0.25, -0.2) is 13.4 Å². The number of hydrogen-bond donors (Lipinski definition) is 2. The summed E-state index contributed by atoms with van der Waals surface area (Å²) < 4.78 is 32.6. The monoisotopic (exact) mass is 349 g/mol. The second-order valence-corrected chi connectivity index (χ2v) is 7.63. The first-order valence-corrected chi connectivity index (χ1v) is 9.17. The third-order valence-corrected chi connectivity index (χ3v) is 4.76. The number of methoxy groups -OCH3 is 1. The Morgan fingerprint density at radius 1 is 1.21 bits per heavy atom. The molecule has 0 aliphatic heterocycles. The average molecular weight is 349 g/mol. The van der Waals surface area contributed by atoms with Gasteiger partial charge in [-0.3, -0.25) is 4.72 Å². The molecule has 0 fully saturated rings. The van der Waals surface area contributed by atoms with E-state index in [2.05, 4.69) is 28.9 Å². The molecule has 0 atom stereocenters. The Kier molecular flexibility index (Phi) is 5.66.